The molecular weight excluding hydrogens is 172 g/mol. The predicted molar refractivity (Wildman–Crippen MR) is 62.5 cm³/mol. The molecule has 1 fully saturated rings. The number of likely N-dealkylation sites (tertiary alicyclic amines) is 1. The van der Waals surface area contributed by atoms with Gasteiger partial charge in [-0.15, -0.1) is 0 Å². The van der Waals surface area contributed by atoms with E-state index in [4.69, 9.17) is 0 Å². The molecule has 1 aliphatic heterocycles. The second-order valence-electron chi connectivity index (χ2n) is 4.98. The van der Waals surface area contributed by atoms with Crippen molar-refractivity contribution in [2.24, 2.45) is 11.8 Å². The Morgan fingerprint density at radius 1 is 1.36 bits per heavy atom. The fourth-order valence-corrected chi connectivity index (χ4v) is 2.23. The molecule has 0 saturated carbocycles. The molecule has 84 valence electrons. The number of nitrogens with one attached hydrogen (secondary N) is 1. The van der Waals surface area contributed by atoms with E-state index in [2.05, 4.69) is 31.0 Å². The van der Waals surface area contributed by atoms with Crippen molar-refractivity contribution >= 4 is 0 Å². The molecule has 1 saturated heterocycles. The maximum Gasteiger partial charge on any atom is 0.00791 e. The van der Waals surface area contributed by atoms with E-state index in [0.29, 0.717) is 0 Å². The Labute approximate surface area is 89.1 Å². The molecule has 3 unspecified atom stereocenters. The molecule has 0 amide bonds. The molecule has 14 heavy (non-hydrogen) atoms. The fraction of sp³-hybridized carbons (Fsp3) is 1.00. The first kappa shape index (κ1) is 12.0. The van der Waals surface area contributed by atoms with Gasteiger partial charge in [-0.2, -0.15) is 0 Å². The molecule has 0 aromatic carbocycles. The van der Waals surface area contributed by atoms with E-state index in [1.54, 1.807) is 0 Å². The lowest BCUT2D eigenvalue weighted by Crippen LogP contribution is -2.44. The maximum atomic E-state index is 3.23. The van der Waals surface area contributed by atoms with E-state index in [1.165, 1.54) is 25.9 Å². The standard InChI is InChI=1S/C12H26N2/c1-10-6-8-14(9-11(10)2)12(3)5-7-13-4/h10-13H,5-9H2,1-4H3. The van der Waals surface area contributed by atoms with Crippen LogP contribution in [0.4, 0.5) is 0 Å². The second-order valence-corrected chi connectivity index (χ2v) is 4.98. The largest absolute Gasteiger partial charge is 0.320 e. The van der Waals surface area contributed by atoms with E-state index in [1.807, 2.05) is 7.05 Å². The van der Waals surface area contributed by atoms with Crippen molar-refractivity contribution in [1.82, 2.24) is 10.2 Å². The summed E-state index contributed by atoms with van der Waals surface area (Å²) in [6.07, 6.45) is 2.66. The van der Waals surface area contributed by atoms with Crippen LogP contribution in [0.3, 0.4) is 0 Å². The van der Waals surface area contributed by atoms with Crippen molar-refractivity contribution in [2.75, 3.05) is 26.7 Å². The molecule has 0 radical (unpaired) electrons. The Morgan fingerprint density at radius 2 is 2.07 bits per heavy atom. The number of hydrogen-bond acceptors (Lipinski definition) is 2. The maximum absolute atomic E-state index is 3.23. The highest BCUT2D eigenvalue weighted by Crippen LogP contribution is 2.24. The summed E-state index contributed by atoms with van der Waals surface area (Å²) in [6.45, 7) is 10.9. The minimum absolute atomic E-state index is 0.748. The smallest absolute Gasteiger partial charge is 0.00791 e. The van der Waals surface area contributed by atoms with Crippen LogP contribution in [0.2, 0.25) is 0 Å². The lowest BCUT2D eigenvalue weighted by Gasteiger charge is -2.39. The topological polar surface area (TPSA) is 15.3 Å². The van der Waals surface area contributed by atoms with E-state index < -0.39 is 0 Å². The quantitative estimate of drug-likeness (QED) is 0.743. The molecule has 1 rings (SSSR count). The first-order valence-electron chi connectivity index (χ1n) is 6.03. The van der Waals surface area contributed by atoms with Crippen LogP contribution in [0, 0.1) is 11.8 Å². The Balaban J connectivity index is 2.30. The van der Waals surface area contributed by atoms with E-state index in [0.717, 1.165) is 24.4 Å². The minimum atomic E-state index is 0.748. The van der Waals surface area contributed by atoms with Gasteiger partial charge in [-0.3, -0.25) is 0 Å². The van der Waals surface area contributed by atoms with Gasteiger partial charge in [0, 0.05) is 12.6 Å². The SMILES string of the molecule is CNCCC(C)N1CCC(C)C(C)C1. The first-order chi connectivity index (χ1) is 6.65. The molecular formula is C12H26N2. The Bertz CT molecular complexity index is 158. The summed E-state index contributed by atoms with van der Waals surface area (Å²) in [6, 6.07) is 0.748. The average molecular weight is 198 g/mol. The lowest BCUT2D eigenvalue weighted by molar-refractivity contribution is 0.0989. The fourth-order valence-electron chi connectivity index (χ4n) is 2.23. The van der Waals surface area contributed by atoms with Crippen LogP contribution in [0.5, 0.6) is 0 Å². The van der Waals surface area contributed by atoms with Crippen LogP contribution in [0.15, 0.2) is 0 Å². The van der Waals surface area contributed by atoms with Crippen molar-refractivity contribution in [3.05, 3.63) is 0 Å². The zero-order chi connectivity index (χ0) is 10.6. The van der Waals surface area contributed by atoms with Crippen LogP contribution < -0.4 is 5.32 Å². The van der Waals surface area contributed by atoms with Crippen molar-refractivity contribution in [3.63, 3.8) is 0 Å². The van der Waals surface area contributed by atoms with Gasteiger partial charge in [0.15, 0.2) is 0 Å². The molecule has 2 nitrogen and oxygen atoms in total. The first-order valence-corrected chi connectivity index (χ1v) is 6.03. The number of rotatable bonds is 4. The van der Waals surface area contributed by atoms with Crippen LogP contribution >= 0.6 is 0 Å². The number of piperidine rings is 1. The molecule has 3 atom stereocenters. The van der Waals surface area contributed by atoms with Crippen LogP contribution in [0.1, 0.15) is 33.6 Å². The van der Waals surface area contributed by atoms with Gasteiger partial charge in [-0.05, 0) is 51.7 Å². The molecule has 1 aliphatic rings. The third-order valence-corrected chi connectivity index (χ3v) is 3.80. The van der Waals surface area contributed by atoms with E-state index >= 15 is 0 Å². The van der Waals surface area contributed by atoms with Gasteiger partial charge in [0.2, 0.25) is 0 Å². The molecule has 2 heteroatoms. The summed E-state index contributed by atoms with van der Waals surface area (Å²) >= 11 is 0. The minimum Gasteiger partial charge on any atom is -0.320 e. The molecule has 0 spiro atoms. The second kappa shape index (κ2) is 5.72. The Morgan fingerprint density at radius 3 is 2.64 bits per heavy atom. The molecule has 1 heterocycles. The summed E-state index contributed by atoms with van der Waals surface area (Å²) < 4.78 is 0. The van der Waals surface area contributed by atoms with Gasteiger partial charge >= 0.3 is 0 Å². The van der Waals surface area contributed by atoms with Gasteiger partial charge in [0.05, 0.1) is 0 Å². The Hall–Kier alpha value is -0.0800. The molecule has 0 aliphatic carbocycles. The number of nitrogens with zero attached hydrogens (tertiary/aromatic N) is 1. The van der Waals surface area contributed by atoms with Crippen LogP contribution in [-0.4, -0.2) is 37.6 Å². The summed E-state index contributed by atoms with van der Waals surface area (Å²) in [5.74, 6) is 1.79. The van der Waals surface area contributed by atoms with Gasteiger partial charge in [-0.25, -0.2) is 0 Å². The van der Waals surface area contributed by atoms with E-state index in [9.17, 15) is 0 Å². The highest BCUT2D eigenvalue weighted by Gasteiger charge is 2.25. The monoisotopic (exact) mass is 198 g/mol. The van der Waals surface area contributed by atoms with Crippen molar-refractivity contribution in [3.8, 4) is 0 Å². The molecule has 1 N–H and O–H groups in total. The predicted octanol–water partition coefficient (Wildman–Crippen LogP) is 1.96. The lowest BCUT2D eigenvalue weighted by atomic mass is 9.88. The van der Waals surface area contributed by atoms with Gasteiger partial charge < -0.3 is 10.2 Å². The molecule has 0 bridgehead atoms. The highest BCUT2D eigenvalue weighted by atomic mass is 15.2. The number of hydrogen-bond donors (Lipinski definition) is 1. The zero-order valence-corrected chi connectivity index (χ0v) is 10.2. The van der Waals surface area contributed by atoms with Crippen molar-refractivity contribution < 1.29 is 0 Å². The third-order valence-electron chi connectivity index (χ3n) is 3.80. The average Bonchev–Trinajstić information content (AvgIpc) is 2.18. The summed E-state index contributed by atoms with van der Waals surface area (Å²) in [5.41, 5.74) is 0. The normalized spacial score (nSPS) is 31.7. The van der Waals surface area contributed by atoms with Gasteiger partial charge in [-0.1, -0.05) is 13.8 Å². The molecule has 0 aromatic rings. The Kier molecular flexibility index (Phi) is 4.90. The summed E-state index contributed by atoms with van der Waals surface area (Å²) in [5, 5.41) is 3.23. The zero-order valence-electron chi connectivity index (χ0n) is 10.2. The molecule has 0 aromatic heterocycles. The third kappa shape index (κ3) is 3.25. The van der Waals surface area contributed by atoms with Gasteiger partial charge in [0.1, 0.15) is 0 Å². The van der Waals surface area contributed by atoms with Gasteiger partial charge in [0.25, 0.3) is 0 Å². The summed E-state index contributed by atoms with van der Waals surface area (Å²) in [7, 11) is 2.04. The van der Waals surface area contributed by atoms with Crippen molar-refractivity contribution in [2.45, 2.75) is 39.7 Å². The van der Waals surface area contributed by atoms with Crippen molar-refractivity contribution in [1.29, 1.82) is 0 Å². The van der Waals surface area contributed by atoms with Crippen LogP contribution in [0.25, 0.3) is 0 Å². The summed E-state index contributed by atoms with van der Waals surface area (Å²) in [4.78, 5) is 2.65. The van der Waals surface area contributed by atoms with Crippen LogP contribution in [-0.2, 0) is 0 Å². The van der Waals surface area contributed by atoms with E-state index in [-0.39, 0.29) is 0 Å². The highest BCUT2D eigenvalue weighted by molar-refractivity contribution is 4.78.